The molecule has 3 aliphatic rings. The van der Waals surface area contributed by atoms with Crippen molar-refractivity contribution >= 4 is 51.4 Å². The Balaban J connectivity index is 1.75. The van der Waals surface area contributed by atoms with Crippen LogP contribution >= 0.6 is 24.0 Å². The molecule has 1 saturated heterocycles. The van der Waals surface area contributed by atoms with Gasteiger partial charge >= 0.3 is 0 Å². The number of amides is 2. The first-order valence-electron chi connectivity index (χ1n) is 9.34. The molecular formula is C20H22N2O2S2. The van der Waals surface area contributed by atoms with Crippen molar-refractivity contribution in [3.63, 3.8) is 0 Å². The maximum atomic E-state index is 13.2. The zero-order chi connectivity index (χ0) is 18.3. The van der Waals surface area contributed by atoms with Crippen LogP contribution < -0.4 is 4.90 Å². The van der Waals surface area contributed by atoms with E-state index >= 15 is 0 Å². The van der Waals surface area contributed by atoms with Crippen molar-refractivity contribution in [2.45, 2.75) is 51.5 Å². The quantitative estimate of drug-likeness (QED) is 0.572. The minimum Gasteiger partial charge on any atom is -0.308 e. The van der Waals surface area contributed by atoms with Crippen LogP contribution in [0, 0.1) is 0 Å². The number of thiocarbonyl (C=S) groups is 1. The molecule has 0 N–H and O–H groups in total. The largest absolute Gasteiger partial charge is 0.308 e. The van der Waals surface area contributed by atoms with Gasteiger partial charge in [0.25, 0.3) is 11.8 Å². The number of para-hydroxylation sites is 1. The standard InChI is InChI=1S/C20H22N2O2S2/c1-2-12-21-15-11-7-6-10-14(15)16(18(21)23)17-19(24)22(20(25)26-17)13-8-4-3-5-9-13/h6-7,10-11,13H,2-5,8-9,12H2,1H3/b17-16+. The Kier molecular flexibility index (Phi) is 4.88. The number of hydrogen-bond donors (Lipinski definition) is 0. The topological polar surface area (TPSA) is 40.6 Å². The van der Waals surface area contributed by atoms with Crippen molar-refractivity contribution in [1.29, 1.82) is 0 Å². The highest BCUT2D eigenvalue weighted by Crippen LogP contribution is 2.45. The average molecular weight is 387 g/mol. The minimum atomic E-state index is -0.0802. The molecule has 1 aromatic carbocycles. The Morgan fingerprint density at radius 1 is 1.12 bits per heavy atom. The summed E-state index contributed by atoms with van der Waals surface area (Å²) in [6.45, 7) is 2.71. The smallest absolute Gasteiger partial charge is 0.267 e. The Morgan fingerprint density at radius 3 is 2.58 bits per heavy atom. The fourth-order valence-electron chi connectivity index (χ4n) is 4.13. The summed E-state index contributed by atoms with van der Waals surface area (Å²) in [4.78, 5) is 30.4. The summed E-state index contributed by atoms with van der Waals surface area (Å²) in [5, 5.41) is 0. The third-order valence-corrected chi connectivity index (χ3v) is 6.74. The average Bonchev–Trinajstić information content (AvgIpc) is 3.10. The molecule has 2 fully saturated rings. The molecule has 6 heteroatoms. The van der Waals surface area contributed by atoms with E-state index in [4.69, 9.17) is 12.2 Å². The second kappa shape index (κ2) is 7.16. The molecule has 1 aliphatic carbocycles. The van der Waals surface area contributed by atoms with E-state index in [0.29, 0.717) is 21.3 Å². The minimum absolute atomic E-state index is 0.0720. The monoisotopic (exact) mass is 386 g/mol. The number of fused-ring (bicyclic) bond motifs is 1. The number of thioether (sulfide) groups is 1. The number of carbonyl (C=O) groups is 2. The van der Waals surface area contributed by atoms with E-state index in [9.17, 15) is 9.59 Å². The lowest BCUT2D eigenvalue weighted by Gasteiger charge is -2.29. The van der Waals surface area contributed by atoms with Crippen molar-refractivity contribution in [2.75, 3.05) is 11.4 Å². The van der Waals surface area contributed by atoms with E-state index < -0.39 is 0 Å². The van der Waals surface area contributed by atoms with E-state index in [2.05, 4.69) is 6.92 Å². The summed E-state index contributed by atoms with van der Waals surface area (Å²) in [5.41, 5.74) is 2.29. The maximum absolute atomic E-state index is 13.2. The van der Waals surface area contributed by atoms with Crippen molar-refractivity contribution in [3.05, 3.63) is 34.7 Å². The first kappa shape index (κ1) is 17.7. The van der Waals surface area contributed by atoms with Crippen molar-refractivity contribution in [2.24, 2.45) is 0 Å². The summed E-state index contributed by atoms with van der Waals surface area (Å²) in [7, 11) is 0. The first-order valence-corrected chi connectivity index (χ1v) is 10.6. The van der Waals surface area contributed by atoms with E-state index in [1.807, 2.05) is 24.3 Å². The Labute approximate surface area is 163 Å². The van der Waals surface area contributed by atoms with Crippen LogP contribution in [-0.2, 0) is 9.59 Å². The van der Waals surface area contributed by atoms with Crippen molar-refractivity contribution in [1.82, 2.24) is 4.90 Å². The predicted octanol–water partition coefficient (Wildman–Crippen LogP) is 4.35. The van der Waals surface area contributed by atoms with Crippen LogP contribution in [0.4, 0.5) is 5.69 Å². The summed E-state index contributed by atoms with van der Waals surface area (Å²) >= 11 is 6.84. The van der Waals surface area contributed by atoms with Crippen LogP contribution in [0.25, 0.3) is 5.57 Å². The van der Waals surface area contributed by atoms with Crippen molar-refractivity contribution in [3.8, 4) is 0 Å². The van der Waals surface area contributed by atoms with Gasteiger partial charge in [-0.05, 0) is 25.3 Å². The third kappa shape index (κ3) is 2.79. The fraction of sp³-hybridized carbons (Fsp3) is 0.450. The van der Waals surface area contributed by atoms with Crippen LogP contribution in [0.5, 0.6) is 0 Å². The number of carbonyl (C=O) groups excluding carboxylic acids is 2. The normalized spacial score (nSPS) is 24.0. The molecule has 26 heavy (non-hydrogen) atoms. The molecule has 1 saturated carbocycles. The number of anilines is 1. The molecule has 0 bridgehead atoms. The predicted molar refractivity (Wildman–Crippen MR) is 110 cm³/mol. The lowest BCUT2D eigenvalue weighted by atomic mass is 9.94. The lowest BCUT2D eigenvalue weighted by molar-refractivity contribution is -0.124. The summed E-state index contributed by atoms with van der Waals surface area (Å²) in [5.74, 6) is -0.152. The van der Waals surface area contributed by atoms with E-state index in [1.165, 1.54) is 18.2 Å². The second-order valence-corrected chi connectivity index (χ2v) is 8.66. The maximum Gasteiger partial charge on any atom is 0.267 e. The van der Waals surface area contributed by atoms with E-state index in [1.54, 1.807) is 9.80 Å². The second-order valence-electron chi connectivity index (χ2n) is 7.01. The van der Waals surface area contributed by atoms with Gasteiger partial charge in [0.05, 0.1) is 16.2 Å². The molecule has 0 unspecified atom stereocenters. The Hall–Kier alpha value is -1.66. The van der Waals surface area contributed by atoms with Crippen molar-refractivity contribution < 1.29 is 9.59 Å². The highest BCUT2D eigenvalue weighted by Gasteiger charge is 2.43. The molecule has 4 rings (SSSR count). The van der Waals surface area contributed by atoms with Gasteiger partial charge in [0.1, 0.15) is 4.32 Å². The van der Waals surface area contributed by atoms with Gasteiger partial charge in [-0.3, -0.25) is 14.5 Å². The summed E-state index contributed by atoms with van der Waals surface area (Å²) < 4.78 is 0.601. The van der Waals surface area contributed by atoms with Gasteiger partial charge in [-0.2, -0.15) is 0 Å². The fourth-order valence-corrected chi connectivity index (χ4v) is 5.60. The van der Waals surface area contributed by atoms with Gasteiger partial charge in [0, 0.05) is 18.2 Å². The SMILES string of the molecule is CCCN1C(=O)/C(=C2/SC(=S)N(C3CCCCC3)C2=O)c2ccccc21. The van der Waals surface area contributed by atoms with Gasteiger partial charge < -0.3 is 4.90 Å². The van der Waals surface area contributed by atoms with Gasteiger partial charge in [-0.15, -0.1) is 0 Å². The number of hydrogen-bond acceptors (Lipinski definition) is 4. The molecule has 136 valence electrons. The van der Waals surface area contributed by atoms with Gasteiger partial charge in [-0.25, -0.2) is 0 Å². The Bertz CT molecular complexity index is 812. The molecule has 2 heterocycles. The van der Waals surface area contributed by atoms with Crippen LogP contribution in [0.2, 0.25) is 0 Å². The van der Waals surface area contributed by atoms with Crippen LogP contribution in [0.15, 0.2) is 29.2 Å². The number of rotatable bonds is 3. The Morgan fingerprint density at radius 2 is 1.85 bits per heavy atom. The molecule has 2 aliphatic heterocycles. The zero-order valence-corrected chi connectivity index (χ0v) is 16.5. The molecule has 0 radical (unpaired) electrons. The van der Waals surface area contributed by atoms with Gasteiger partial charge in [0.2, 0.25) is 0 Å². The molecular weight excluding hydrogens is 364 g/mol. The molecule has 0 aromatic heterocycles. The third-order valence-electron chi connectivity index (χ3n) is 5.34. The van der Waals surface area contributed by atoms with Gasteiger partial charge in [-0.1, -0.05) is 68.4 Å². The summed E-state index contributed by atoms with van der Waals surface area (Å²) in [6, 6.07) is 7.94. The molecule has 1 aromatic rings. The summed E-state index contributed by atoms with van der Waals surface area (Å²) in [6.07, 6.45) is 6.38. The van der Waals surface area contributed by atoms with Crippen LogP contribution in [0.1, 0.15) is 51.0 Å². The molecule has 0 spiro atoms. The number of nitrogens with zero attached hydrogens (tertiary/aromatic N) is 2. The number of benzene rings is 1. The lowest BCUT2D eigenvalue weighted by Crippen LogP contribution is -2.40. The highest BCUT2D eigenvalue weighted by molar-refractivity contribution is 8.26. The van der Waals surface area contributed by atoms with E-state index in [0.717, 1.165) is 43.4 Å². The molecule has 2 amide bonds. The van der Waals surface area contributed by atoms with Crippen LogP contribution in [0.3, 0.4) is 0 Å². The first-order chi connectivity index (χ1) is 12.6. The van der Waals surface area contributed by atoms with E-state index in [-0.39, 0.29) is 17.9 Å². The zero-order valence-electron chi connectivity index (χ0n) is 14.9. The van der Waals surface area contributed by atoms with Gasteiger partial charge in [0.15, 0.2) is 0 Å². The molecule has 0 atom stereocenters. The highest BCUT2D eigenvalue weighted by atomic mass is 32.2. The van der Waals surface area contributed by atoms with Crippen LogP contribution in [-0.4, -0.2) is 33.6 Å². The molecule has 4 nitrogen and oxygen atoms in total.